The molecule has 0 aliphatic carbocycles. The first-order chi connectivity index (χ1) is 11.6. The Kier molecular flexibility index (Phi) is 5.79. The van der Waals surface area contributed by atoms with E-state index in [1.54, 1.807) is 0 Å². The summed E-state index contributed by atoms with van der Waals surface area (Å²) in [5.41, 5.74) is 22.4. The molecule has 3 heteroatoms. The van der Waals surface area contributed by atoms with E-state index < -0.39 is 0 Å². The second kappa shape index (κ2) is 7.49. The van der Waals surface area contributed by atoms with Crippen LogP contribution in [0.1, 0.15) is 57.7 Å². The van der Waals surface area contributed by atoms with Crippen molar-refractivity contribution in [1.82, 2.24) is 0 Å². The minimum atomic E-state index is 0.000392. The number of nitrogen functional groups attached to an aromatic ring is 2. The van der Waals surface area contributed by atoms with Crippen LogP contribution in [0.2, 0.25) is 0 Å². The standard InChI is InChI=1S/C22H33N3/c1-21(2,15-16-5-9-18(23)10-6-16)13-14-22(3,4)20(25)17-7-11-19(24)12-8-17/h5-12,20H,13-15,23-25H2,1-4H3. The molecule has 2 rings (SSSR count). The zero-order chi connectivity index (χ0) is 18.7. The SMILES string of the molecule is CC(C)(CCC(C)(C)C(N)c1ccc(N)cc1)Cc1ccc(N)cc1. The van der Waals surface area contributed by atoms with Crippen LogP contribution >= 0.6 is 0 Å². The Morgan fingerprint density at radius 2 is 1.24 bits per heavy atom. The van der Waals surface area contributed by atoms with Gasteiger partial charge in [-0.25, -0.2) is 0 Å². The highest BCUT2D eigenvalue weighted by Gasteiger charge is 2.30. The Bertz CT molecular complexity index is 669. The van der Waals surface area contributed by atoms with E-state index in [-0.39, 0.29) is 16.9 Å². The van der Waals surface area contributed by atoms with Crippen LogP contribution in [-0.2, 0) is 6.42 Å². The van der Waals surface area contributed by atoms with Gasteiger partial charge in [0.1, 0.15) is 0 Å². The third kappa shape index (κ3) is 5.50. The minimum Gasteiger partial charge on any atom is -0.399 e. The molecular formula is C22H33N3. The molecule has 0 saturated carbocycles. The summed E-state index contributed by atoms with van der Waals surface area (Å²) in [6.45, 7) is 9.17. The maximum atomic E-state index is 6.57. The Hall–Kier alpha value is -2.00. The Morgan fingerprint density at radius 3 is 1.76 bits per heavy atom. The van der Waals surface area contributed by atoms with Gasteiger partial charge in [0.2, 0.25) is 0 Å². The molecule has 0 spiro atoms. The molecule has 25 heavy (non-hydrogen) atoms. The molecule has 6 N–H and O–H groups in total. The van der Waals surface area contributed by atoms with E-state index in [4.69, 9.17) is 17.2 Å². The average molecular weight is 340 g/mol. The average Bonchev–Trinajstić information content (AvgIpc) is 2.55. The van der Waals surface area contributed by atoms with Crippen molar-refractivity contribution in [2.24, 2.45) is 16.6 Å². The first kappa shape index (κ1) is 19.3. The Balaban J connectivity index is 1.99. The fraction of sp³-hybridized carbons (Fsp3) is 0.455. The molecule has 2 aromatic carbocycles. The largest absolute Gasteiger partial charge is 0.399 e. The van der Waals surface area contributed by atoms with Gasteiger partial charge in [0.25, 0.3) is 0 Å². The highest BCUT2D eigenvalue weighted by Crippen LogP contribution is 2.40. The number of anilines is 2. The number of rotatable bonds is 7. The topological polar surface area (TPSA) is 78.1 Å². The zero-order valence-electron chi connectivity index (χ0n) is 16.0. The van der Waals surface area contributed by atoms with Gasteiger partial charge in [-0.05, 0) is 65.5 Å². The Labute approximate surface area is 152 Å². The normalized spacial score (nSPS) is 13.6. The van der Waals surface area contributed by atoms with E-state index in [9.17, 15) is 0 Å². The highest BCUT2D eigenvalue weighted by molar-refractivity contribution is 5.40. The first-order valence-corrected chi connectivity index (χ1v) is 9.04. The zero-order valence-corrected chi connectivity index (χ0v) is 16.0. The van der Waals surface area contributed by atoms with Gasteiger partial charge in [-0.2, -0.15) is 0 Å². The summed E-state index contributed by atoms with van der Waals surface area (Å²) in [5.74, 6) is 0. The minimum absolute atomic E-state index is 0.000392. The molecule has 0 amide bonds. The van der Waals surface area contributed by atoms with Crippen molar-refractivity contribution in [2.45, 2.75) is 53.0 Å². The summed E-state index contributed by atoms with van der Waals surface area (Å²) < 4.78 is 0. The molecular weight excluding hydrogens is 306 g/mol. The number of hydrogen-bond acceptors (Lipinski definition) is 3. The van der Waals surface area contributed by atoms with Gasteiger partial charge in [0.05, 0.1) is 0 Å². The lowest BCUT2D eigenvalue weighted by atomic mass is 9.72. The van der Waals surface area contributed by atoms with Gasteiger partial charge in [0.15, 0.2) is 0 Å². The maximum Gasteiger partial charge on any atom is 0.0346 e. The first-order valence-electron chi connectivity index (χ1n) is 9.04. The molecule has 0 heterocycles. The summed E-state index contributed by atoms with van der Waals surface area (Å²) in [5, 5.41) is 0. The van der Waals surface area contributed by atoms with E-state index in [1.165, 1.54) is 5.56 Å². The van der Waals surface area contributed by atoms with Crippen molar-refractivity contribution in [2.75, 3.05) is 11.5 Å². The molecule has 0 aliphatic rings. The van der Waals surface area contributed by atoms with E-state index in [2.05, 4.69) is 39.8 Å². The third-order valence-electron chi connectivity index (χ3n) is 5.25. The van der Waals surface area contributed by atoms with Gasteiger partial charge in [-0.1, -0.05) is 52.0 Å². The summed E-state index contributed by atoms with van der Waals surface area (Å²) in [6, 6.07) is 16.2. The third-order valence-corrected chi connectivity index (χ3v) is 5.25. The van der Waals surface area contributed by atoms with Gasteiger partial charge in [-0.15, -0.1) is 0 Å². The van der Waals surface area contributed by atoms with Gasteiger partial charge < -0.3 is 17.2 Å². The fourth-order valence-electron chi connectivity index (χ4n) is 3.25. The van der Waals surface area contributed by atoms with Crippen molar-refractivity contribution in [3.8, 4) is 0 Å². The van der Waals surface area contributed by atoms with Crippen LogP contribution in [0, 0.1) is 10.8 Å². The van der Waals surface area contributed by atoms with Crippen LogP contribution in [0.5, 0.6) is 0 Å². The summed E-state index contributed by atoms with van der Waals surface area (Å²) in [4.78, 5) is 0. The molecule has 136 valence electrons. The van der Waals surface area contributed by atoms with Gasteiger partial charge in [-0.3, -0.25) is 0 Å². The quantitative estimate of drug-likeness (QED) is 0.626. The van der Waals surface area contributed by atoms with Crippen LogP contribution in [0.25, 0.3) is 0 Å². The van der Waals surface area contributed by atoms with Crippen molar-refractivity contribution in [1.29, 1.82) is 0 Å². The Morgan fingerprint density at radius 1 is 0.760 bits per heavy atom. The van der Waals surface area contributed by atoms with E-state index in [1.807, 2.05) is 36.4 Å². The van der Waals surface area contributed by atoms with Gasteiger partial charge >= 0.3 is 0 Å². The van der Waals surface area contributed by atoms with E-state index >= 15 is 0 Å². The molecule has 1 atom stereocenters. The lowest BCUT2D eigenvalue weighted by molar-refractivity contribution is 0.204. The van der Waals surface area contributed by atoms with E-state index in [0.717, 1.165) is 36.2 Å². The predicted octanol–water partition coefficient (Wildman–Crippen LogP) is 4.93. The lowest BCUT2D eigenvalue weighted by Crippen LogP contribution is -2.31. The molecule has 0 aliphatic heterocycles. The van der Waals surface area contributed by atoms with Crippen LogP contribution in [-0.4, -0.2) is 0 Å². The monoisotopic (exact) mass is 339 g/mol. The fourth-order valence-corrected chi connectivity index (χ4v) is 3.25. The molecule has 0 bridgehead atoms. The molecule has 0 fully saturated rings. The van der Waals surface area contributed by atoms with Crippen molar-refractivity contribution >= 4 is 11.4 Å². The maximum absolute atomic E-state index is 6.57. The second-order valence-corrected chi connectivity index (χ2v) is 8.72. The summed E-state index contributed by atoms with van der Waals surface area (Å²) in [7, 11) is 0. The summed E-state index contributed by atoms with van der Waals surface area (Å²) >= 11 is 0. The molecule has 0 radical (unpaired) electrons. The number of benzene rings is 2. The number of nitrogens with two attached hydrogens (primary N) is 3. The smallest absolute Gasteiger partial charge is 0.0346 e. The highest BCUT2D eigenvalue weighted by atomic mass is 14.7. The van der Waals surface area contributed by atoms with Crippen molar-refractivity contribution in [3.63, 3.8) is 0 Å². The molecule has 3 nitrogen and oxygen atoms in total. The van der Waals surface area contributed by atoms with Crippen LogP contribution < -0.4 is 17.2 Å². The molecule has 0 saturated heterocycles. The van der Waals surface area contributed by atoms with Crippen LogP contribution in [0.15, 0.2) is 48.5 Å². The molecule has 2 aromatic rings. The number of hydrogen-bond donors (Lipinski definition) is 3. The molecule has 1 unspecified atom stereocenters. The lowest BCUT2D eigenvalue weighted by Gasteiger charge is -2.36. The van der Waals surface area contributed by atoms with Gasteiger partial charge in [0, 0.05) is 17.4 Å². The van der Waals surface area contributed by atoms with E-state index in [0.29, 0.717) is 0 Å². The summed E-state index contributed by atoms with van der Waals surface area (Å²) in [6.07, 6.45) is 3.23. The molecule has 0 aromatic heterocycles. The predicted molar refractivity (Wildman–Crippen MR) is 109 cm³/mol. The second-order valence-electron chi connectivity index (χ2n) is 8.72. The van der Waals surface area contributed by atoms with Crippen molar-refractivity contribution in [3.05, 3.63) is 59.7 Å². The van der Waals surface area contributed by atoms with Crippen LogP contribution in [0.4, 0.5) is 11.4 Å². The van der Waals surface area contributed by atoms with Crippen molar-refractivity contribution < 1.29 is 0 Å². The van der Waals surface area contributed by atoms with Crippen LogP contribution in [0.3, 0.4) is 0 Å².